The minimum atomic E-state index is -0.993. The number of carbonyl (C=O) groups is 3. The van der Waals surface area contributed by atoms with Gasteiger partial charge in [0.1, 0.15) is 17.1 Å². The maximum absolute atomic E-state index is 12.2. The van der Waals surface area contributed by atoms with Crippen molar-refractivity contribution in [1.29, 1.82) is 0 Å². The first kappa shape index (κ1) is 17.5. The van der Waals surface area contributed by atoms with E-state index in [4.69, 9.17) is 9.15 Å². The van der Waals surface area contributed by atoms with Gasteiger partial charge in [0.25, 0.3) is 5.91 Å². The molecule has 0 saturated heterocycles. The van der Waals surface area contributed by atoms with E-state index in [1.807, 2.05) is 0 Å². The summed E-state index contributed by atoms with van der Waals surface area (Å²) in [6, 6.07) is 8.12. The zero-order valence-electron chi connectivity index (χ0n) is 14.0. The number of amides is 1. The largest absolute Gasteiger partial charge is 0.466 e. The lowest BCUT2D eigenvalue weighted by molar-refractivity contribution is -0.123. The average molecular weight is 329 g/mol. The molecule has 0 fully saturated rings. The molecule has 1 aromatic carbocycles. The summed E-state index contributed by atoms with van der Waals surface area (Å²) in [7, 11) is 0. The second-order valence-corrected chi connectivity index (χ2v) is 5.50. The van der Waals surface area contributed by atoms with E-state index in [0.29, 0.717) is 28.3 Å². The number of furan rings is 1. The van der Waals surface area contributed by atoms with Crippen molar-refractivity contribution >= 4 is 23.3 Å². The summed E-state index contributed by atoms with van der Waals surface area (Å²) in [6.45, 7) is 6.30. The van der Waals surface area contributed by atoms with E-state index in [1.165, 1.54) is 13.8 Å². The molecule has 2 rings (SSSR count). The van der Waals surface area contributed by atoms with Gasteiger partial charge in [0, 0.05) is 11.3 Å². The van der Waals surface area contributed by atoms with Gasteiger partial charge in [-0.05, 0) is 45.9 Å². The first-order chi connectivity index (χ1) is 11.3. The van der Waals surface area contributed by atoms with Gasteiger partial charge in [0.2, 0.25) is 0 Å². The third-order valence-electron chi connectivity index (χ3n) is 3.45. The maximum Gasteiger partial charge on any atom is 0.342 e. The van der Waals surface area contributed by atoms with Crippen LogP contribution in [-0.4, -0.2) is 23.8 Å². The predicted octanol–water partition coefficient (Wildman–Crippen LogP) is 3.28. The molecule has 6 heteroatoms. The minimum Gasteiger partial charge on any atom is -0.466 e. The highest BCUT2D eigenvalue weighted by molar-refractivity contribution is 5.99. The van der Waals surface area contributed by atoms with Crippen LogP contribution in [0.2, 0.25) is 0 Å². The summed E-state index contributed by atoms with van der Waals surface area (Å²) < 4.78 is 10.4. The van der Waals surface area contributed by atoms with Crippen molar-refractivity contribution < 1.29 is 23.5 Å². The minimum absolute atomic E-state index is 0.101. The summed E-state index contributed by atoms with van der Waals surface area (Å²) in [4.78, 5) is 35.6. The summed E-state index contributed by atoms with van der Waals surface area (Å²) in [6.07, 6.45) is -0.993. The smallest absolute Gasteiger partial charge is 0.342 e. The molecule has 0 spiro atoms. The van der Waals surface area contributed by atoms with E-state index >= 15 is 0 Å². The number of ether oxygens (including phenoxy) is 1. The molecule has 0 saturated carbocycles. The monoisotopic (exact) mass is 329 g/mol. The number of carbonyl (C=O) groups excluding carboxylic acids is 3. The van der Waals surface area contributed by atoms with Crippen LogP contribution in [0.3, 0.4) is 0 Å². The fourth-order valence-electron chi connectivity index (χ4n) is 2.17. The van der Waals surface area contributed by atoms with Gasteiger partial charge in [0.15, 0.2) is 11.9 Å². The maximum atomic E-state index is 12.2. The van der Waals surface area contributed by atoms with Crippen molar-refractivity contribution in [2.45, 2.75) is 33.8 Å². The molecule has 1 atom stereocenters. The highest BCUT2D eigenvalue weighted by Crippen LogP contribution is 2.16. The van der Waals surface area contributed by atoms with Gasteiger partial charge in [-0.15, -0.1) is 0 Å². The van der Waals surface area contributed by atoms with Crippen molar-refractivity contribution in [3.8, 4) is 0 Å². The van der Waals surface area contributed by atoms with Crippen molar-refractivity contribution in [2.24, 2.45) is 0 Å². The van der Waals surface area contributed by atoms with E-state index in [-0.39, 0.29) is 5.78 Å². The van der Waals surface area contributed by atoms with Crippen LogP contribution in [0.4, 0.5) is 5.69 Å². The molecule has 1 amide bonds. The van der Waals surface area contributed by atoms with Crippen LogP contribution < -0.4 is 5.32 Å². The Bertz CT molecular complexity index is 790. The normalized spacial score (nSPS) is 11.7. The molecule has 0 bridgehead atoms. The first-order valence-electron chi connectivity index (χ1n) is 7.48. The number of nitrogens with one attached hydrogen (secondary N) is 1. The number of aryl methyl sites for hydroxylation is 2. The molecular weight excluding hydrogens is 310 g/mol. The van der Waals surface area contributed by atoms with Crippen LogP contribution in [0.5, 0.6) is 0 Å². The Morgan fingerprint density at radius 1 is 1.17 bits per heavy atom. The number of hydrogen-bond donors (Lipinski definition) is 1. The van der Waals surface area contributed by atoms with Crippen LogP contribution >= 0.6 is 0 Å². The zero-order chi connectivity index (χ0) is 17.9. The molecule has 0 aliphatic heterocycles. The topological polar surface area (TPSA) is 85.6 Å². The van der Waals surface area contributed by atoms with Crippen molar-refractivity contribution in [2.75, 3.05) is 5.32 Å². The highest BCUT2D eigenvalue weighted by atomic mass is 16.5. The van der Waals surface area contributed by atoms with Crippen molar-refractivity contribution in [1.82, 2.24) is 0 Å². The lowest BCUT2D eigenvalue weighted by Crippen LogP contribution is -2.30. The average Bonchev–Trinajstić information content (AvgIpc) is 2.86. The third-order valence-corrected chi connectivity index (χ3v) is 3.45. The molecule has 126 valence electrons. The Kier molecular flexibility index (Phi) is 5.18. The van der Waals surface area contributed by atoms with Crippen LogP contribution in [0.15, 0.2) is 34.7 Å². The summed E-state index contributed by atoms with van der Waals surface area (Å²) >= 11 is 0. The number of anilines is 1. The molecule has 24 heavy (non-hydrogen) atoms. The molecule has 1 heterocycles. The van der Waals surface area contributed by atoms with E-state index < -0.39 is 18.0 Å². The van der Waals surface area contributed by atoms with Crippen molar-refractivity contribution in [3.05, 3.63) is 53.0 Å². The van der Waals surface area contributed by atoms with Crippen molar-refractivity contribution in [3.63, 3.8) is 0 Å². The number of rotatable bonds is 5. The standard InChI is InChI=1S/C18H19NO5/c1-10-8-16(12(3)23-10)18(22)24-13(4)17(21)19-15-7-5-6-14(9-15)11(2)20/h5-9,13H,1-4H3,(H,19,21)/t13-/m1/s1. The van der Waals surface area contributed by atoms with Crippen LogP contribution in [0, 0.1) is 13.8 Å². The first-order valence-corrected chi connectivity index (χ1v) is 7.48. The molecule has 6 nitrogen and oxygen atoms in total. The van der Waals surface area contributed by atoms with E-state index in [9.17, 15) is 14.4 Å². The fourth-order valence-corrected chi connectivity index (χ4v) is 2.17. The van der Waals surface area contributed by atoms with Gasteiger partial charge < -0.3 is 14.5 Å². The lowest BCUT2D eigenvalue weighted by atomic mass is 10.1. The number of ketones is 1. The Labute approximate surface area is 139 Å². The Hall–Kier alpha value is -2.89. The van der Waals surface area contributed by atoms with E-state index in [0.717, 1.165) is 0 Å². The van der Waals surface area contributed by atoms with Crippen LogP contribution in [0.1, 0.15) is 46.1 Å². The summed E-state index contributed by atoms with van der Waals surface area (Å²) in [5.41, 5.74) is 1.25. The molecule has 0 unspecified atom stereocenters. The Morgan fingerprint density at radius 3 is 2.46 bits per heavy atom. The predicted molar refractivity (Wildman–Crippen MR) is 88.1 cm³/mol. The molecule has 2 aromatic rings. The number of hydrogen-bond acceptors (Lipinski definition) is 5. The number of esters is 1. The molecule has 1 N–H and O–H groups in total. The van der Waals surface area contributed by atoms with E-state index in [2.05, 4.69) is 5.32 Å². The molecule has 0 aliphatic carbocycles. The lowest BCUT2D eigenvalue weighted by Gasteiger charge is -2.13. The number of benzene rings is 1. The van der Waals surface area contributed by atoms with Gasteiger partial charge in [-0.25, -0.2) is 4.79 Å². The molecule has 0 aliphatic rings. The van der Waals surface area contributed by atoms with Gasteiger partial charge >= 0.3 is 5.97 Å². The van der Waals surface area contributed by atoms with Gasteiger partial charge in [-0.1, -0.05) is 12.1 Å². The van der Waals surface area contributed by atoms with Gasteiger partial charge in [-0.2, -0.15) is 0 Å². The Morgan fingerprint density at radius 2 is 1.88 bits per heavy atom. The van der Waals surface area contributed by atoms with Gasteiger partial charge in [-0.3, -0.25) is 9.59 Å². The second-order valence-electron chi connectivity index (χ2n) is 5.50. The highest BCUT2D eigenvalue weighted by Gasteiger charge is 2.22. The SMILES string of the molecule is CC(=O)c1cccc(NC(=O)[C@@H](C)OC(=O)c2cc(C)oc2C)c1. The Balaban J connectivity index is 2.02. The fraction of sp³-hybridized carbons (Fsp3) is 0.278. The molecular formula is C18H19NO5. The quantitative estimate of drug-likeness (QED) is 0.672. The number of Topliss-reactive ketones (excluding diaryl/α,β-unsaturated/α-hetero) is 1. The summed E-state index contributed by atoms with van der Waals surface area (Å²) in [5.74, 6) is -0.167. The molecule has 0 radical (unpaired) electrons. The molecule has 1 aromatic heterocycles. The van der Waals surface area contributed by atoms with Gasteiger partial charge in [0.05, 0.1) is 0 Å². The van der Waals surface area contributed by atoms with E-state index in [1.54, 1.807) is 44.2 Å². The summed E-state index contributed by atoms with van der Waals surface area (Å²) in [5, 5.41) is 2.62. The second kappa shape index (κ2) is 7.12. The third kappa shape index (κ3) is 4.10. The van der Waals surface area contributed by atoms with Crippen LogP contribution in [-0.2, 0) is 9.53 Å². The van der Waals surface area contributed by atoms with Crippen LogP contribution in [0.25, 0.3) is 0 Å². The zero-order valence-corrected chi connectivity index (χ0v) is 14.0.